The molecule has 0 aromatic heterocycles. The van der Waals surface area contributed by atoms with E-state index in [2.05, 4.69) is 26.6 Å². The number of hydrogen-bond donors (Lipinski definition) is 2. The van der Waals surface area contributed by atoms with Crippen LogP contribution in [0.1, 0.15) is 23.6 Å². The lowest BCUT2D eigenvalue weighted by atomic mass is 9.92. The summed E-state index contributed by atoms with van der Waals surface area (Å²) in [4.78, 5) is 49.5. The summed E-state index contributed by atoms with van der Waals surface area (Å²) in [6, 6.07) is 9.09. The number of carbonyl (C=O) groups is 3. The van der Waals surface area contributed by atoms with Gasteiger partial charge in [0.2, 0.25) is 5.91 Å². The zero-order valence-electron chi connectivity index (χ0n) is 16.5. The molecule has 0 bridgehead atoms. The molecule has 9 nitrogen and oxygen atoms in total. The summed E-state index contributed by atoms with van der Waals surface area (Å²) in [6.07, 6.45) is 0. The molecule has 2 aromatic carbocycles. The predicted octanol–water partition coefficient (Wildman–Crippen LogP) is 3.38. The van der Waals surface area contributed by atoms with E-state index >= 15 is 0 Å². The summed E-state index contributed by atoms with van der Waals surface area (Å²) in [7, 11) is 0. The van der Waals surface area contributed by atoms with Crippen LogP contribution in [0, 0.1) is 24.0 Å². The third-order valence-electron chi connectivity index (χ3n) is 5.07. The highest BCUT2D eigenvalue weighted by Crippen LogP contribution is 2.34. The number of nitro benzene ring substituents is 1. The van der Waals surface area contributed by atoms with Crippen molar-refractivity contribution >= 4 is 45.2 Å². The Labute approximate surface area is 180 Å². The number of amides is 4. The lowest BCUT2D eigenvalue weighted by Crippen LogP contribution is -2.42. The molecule has 1 atom stereocenters. The van der Waals surface area contributed by atoms with E-state index in [0.29, 0.717) is 15.6 Å². The van der Waals surface area contributed by atoms with E-state index in [1.54, 1.807) is 45.0 Å². The first-order chi connectivity index (χ1) is 14.0. The van der Waals surface area contributed by atoms with Crippen molar-refractivity contribution in [3.63, 3.8) is 0 Å². The summed E-state index contributed by atoms with van der Waals surface area (Å²) in [5, 5.41) is 16.4. The molecule has 1 heterocycles. The number of anilines is 1. The average Bonchev–Trinajstić information content (AvgIpc) is 2.88. The van der Waals surface area contributed by atoms with Gasteiger partial charge in [-0.25, -0.2) is 4.79 Å². The van der Waals surface area contributed by atoms with Gasteiger partial charge in [0.05, 0.1) is 4.92 Å². The molecule has 3 rings (SSSR count). The Bertz CT molecular complexity index is 1090. The highest BCUT2D eigenvalue weighted by molar-refractivity contribution is 9.10. The quantitative estimate of drug-likeness (QED) is 0.390. The van der Waals surface area contributed by atoms with Gasteiger partial charge in [-0.2, -0.15) is 0 Å². The molecular weight excluding hydrogens is 456 g/mol. The molecule has 2 aromatic rings. The van der Waals surface area contributed by atoms with Crippen LogP contribution < -0.4 is 10.6 Å². The van der Waals surface area contributed by atoms with Gasteiger partial charge in [0.15, 0.2) is 0 Å². The van der Waals surface area contributed by atoms with Crippen molar-refractivity contribution in [3.8, 4) is 0 Å². The Hall–Kier alpha value is -3.27. The number of rotatable bonds is 5. The molecule has 2 N–H and O–H groups in total. The largest absolute Gasteiger partial charge is 0.325 e. The molecule has 10 heteroatoms. The number of hydrogen-bond acceptors (Lipinski definition) is 5. The molecule has 4 amide bonds. The smallest absolute Gasteiger partial charge is 0.319 e. The van der Waals surface area contributed by atoms with E-state index in [1.807, 2.05) is 0 Å². The maximum atomic E-state index is 13.0. The fourth-order valence-corrected chi connectivity index (χ4v) is 3.96. The zero-order chi connectivity index (χ0) is 22.2. The van der Waals surface area contributed by atoms with Gasteiger partial charge in [-0.1, -0.05) is 34.1 Å². The van der Waals surface area contributed by atoms with Crippen LogP contribution in [0.4, 0.5) is 16.2 Å². The minimum absolute atomic E-state index is 0.00807. The minimum Gasteiger partial charge on any atom is -0.319 e. The van der Waals surface area contributed by atoms with E-state index in [9.17, 15) is 24.5 Å². The molecule has 0 spiro atoms. The standard InChI is InChI=1S/C20H19BrN4O5/c1-11-8-15(16(25(29)30)9-12(11)2)22-17(26)10-24-18(27)20(3,23-19(24)28)13-6-4-5-7-14(13)21/h4-9H,10H2,1-3H3,(H,22,26)(H,23,28). The van der Waals surface area contributed by atoms with E-state index in [-0.39, 0.29) is 11.4 Å². The number of halogens is 1. The van der Waals surface area contributed by atoms with Crippen LogP contribution in [-0.2, 0) is 15.1 Å². The number of aryl methyl sites for hydroxylation is 2. The summed E-state index contributed by atoms with van der Waals surface area (Å²) < 4.78 is 0.637. The number of nitro groups is 1. The van der Waals surface area contributed by atoms with Gasteiger partial charge >= 0.3 is 6.03 Å². The third kappa shape index (κ3) is 3.78. The first-order valence-corrected chi connectivity index (χ1v) is 9.78. The highest BCUT2D eigenvalue weighted by Gasteiger charge is 2.50. The summed E-state index contributed by atoms with van der Waals surface area (Å²) in [5.41, 5.74) is 0.418. The second kappa shape index (κ2) is 7.86. The Balaban J connectivity index is 1.82. The number of nitrogens with one attached hydrogen (secondary N) is 2. The number of nitrogens with zero attached hydrogens (tertiary/aromatic N) is 2. The number of imide groups is 1. The Morgan fingerprint density at radius 2 is 1.87 bits per heavy atom. The monoisotopic (exact) mass is 474 g/mol. The fourth-order valence-electron chi connectivity index (χ4n) is 3.28. The number of benzene rings is 2. The van der Waals surface area contributed by atoms with Crippen molar-refractivity contribution in [2.24, 2.45) is 0 Å². The van der Waals surface area contributed by atoms with E-state index in [4.69, 9.17) is 0 Å². The van der Waals surface area contributed by atoms with Gasteiger partial charge < -0.3 is 10.6 Å². The van der Waals surface area contributed by atoms with Crippen molar-refractivity contribution in [3.05, 3.63) is 67.7 Å². The van der Waals surface area contributed by atoms with Crippen molar-refractivity contribution in [2.75, 3.05) is 11.9 Å². The van der Waals surface area contributed by atoms with Gasteiger partial charge in [0.25, 0.3) is 11.6 Å². The van der Waals surface area contributed by atoms with Gasteiger partial charge in [-0.05, 0) is 44.0 Å². The first-order valence-electron chi connectivity index (χ1n) is 8.99. The average molecular weight is 475 g/mol. The van der Waals surface area contributed by atoms with Crippen molar-refractivity contribution in [2.45, 2.75) is 26.3 Å². The van der Waals surface area contributed by atoms with Crippen LogP contribution in [0.5, 0.6) is 0 Å². The Kier molecular flexibility index (Phi) is 5.62. The predicted molar refractivity (Wildman–Crippen MR) is 113 cm³/mol. The summed E-state index contributed by atoms with van der Waals surface area (Å²) in [6.45, 7) is 4.47. The van der Waals surface area contributed by atoms with Crippen LogP contribution in [0.3, 0.4) is 0 Å². The topological polar surface area (TPSA) is 122 Å². The first kappa shape index (κ1) is 21.4. The van der Waals surface area contributed by atoms with Crippen LogP contribution in [0.2, 0.25) is 0 Å². The molecule has 0 radical (unpaired) electrons. The Morgan fingerprint density at radius 1 is 1.23 bits per heavy atom. The molecule has 1 aliphatic rings. The van der Waals surface area contributed by atoms with E-state index < -0.39 is 34.9 Å². The minimum atomic E-state index is -1.34. The van der Waals surface area contributed by atoms with Gasteiger partial charge in [-0.15, -0.1) is 0 Å². The Morgan fingerprint density at radius 3 is 2.50 bits per heavy atom. The third-order valence-corrected chi connectivity index (χ3v) is 5.76. The lowest BCUT2D eigenvalue weighted by Gasteiger charge is -2.23. The van der Waals surface area contributed by atoms with Crippen molar-refractivity contribution < 1.29 is 19.3 Å². The summed E-state index contributed by atoms with van der Waals surface area (Å²) in [5.74, 6) is -1.31. The van der Waals surface area contributed by atoms with Crippen LogP contribution in [-0.4, -0.2) is 34.2 Å². The highest BCUT2D eigenvalue weighted by atomic mass is 79.9. The number of urea groups is 1. The zero-order valence-corrected chi connectivity index (χ0v) is 18.1. The molecule has 0 aliphatic carbocycles. The number of carbonyl (C=O) groups excluding carboxylic acids is 3. The lowest BCUT2D eigenvalue weighted by molar-refractivity contribution is -0.384. The molecule has 30 heavy (non-hydrogen) atoms. The fraction of sp³-hybridized carbons (Fsp3) is 0.250. The normalized spacial score (nSPS) is 18.3. The molecule has 1 fully saturated rings. The van der Waals surface area contributed by atoms with E-state index in [1.165, 1.54) is 12.1 Å². The maximum Gasteiger partial charge on any atom is 0.325 e. The molecule has 1 saturated heterocycles. The van der Waals surface area contributed by atoms with E-state index in [0.717, 1.165) is 10.5 Å². The van der Waals surface area contributed by atoms with Crippen molar-refractivity contribution in [1.29, 1.82) is 0 Å². The van der Waals surface area contributed by atoms with Gasteiger partial charge in [0.1, 0.15) is 17.8 Å². The molecule has 1 aliphatic heterocycles. The molecule has 156 valence electrons. The van der Waals surface area contributed by atoms with Crippen molar-refractivity contribution in [1.82, 2.24) is 10.2 Å². The molecular formula is C20H19BrN4O5. The SMILES string of the molecule is Cc1cc(NC(=O)CN2C(=O)NC(C)(c3ccccc3Br)C2=O)c([N+](=O)[O-])cc1C. The molecule has 1 unspecified atom stereocenters. The van der Waals surface area contributed by atoms with Gasteiger partial charge in [0, 0.05) is 16.1 Å². The van der Waals surface area contributed by atoms with Crippen LogP contribution in [0.25, 0.3) is 0 Å². The second-order valence-corrected chi connectivity index (χ2v) is 8.04. The summed E-state index contributed by atoms with van der Waals surface area (Å²) >= 11 is 3.37. The van der Waals surface area contributed by atoms with Crippen LogP contribution in [0.15, 0.2) is 40.9 Å². The molecule has 0 saturated carbocycles. The van der Waals surface area contributed by atoms with Gasteiger partial charge in [-0.3, -0.25) is 24.6 Å². The second-order valence-electron chi connectivity index (χ2n) is 7.19. The van der Waals surface area contributed by atoms with Crippen LogP contribution >= 0.6 is 15.9 Å². The maximum absolute atomic E-state index is 13.0.